The Morgan fingerprint density at radius 1 is 1.15 bits per heavy atom. The summed E-state index contributed by atoms with van der Waals surface area (Å²) in [6.07, 6.45) is 8.15. The van der Waals surface area contributed by atoms with Crippen LogP contribution in [0.5, 0.6) is 0 Å². The maximum absolute atomic E-state index is 13.3. The molecule has 0 bridgehead atoms. The number of hydrogen-bond acceptors (Lipinski definition) is 5. The van der Waals surface area contributed by atoms with E-state index >= 15 is 0 Å². The lowest BCUT2D eigenvalue weighted by Gasteiger charge is -2.42. The number of amides is 1. The Bertz CT molecular complexity index is 1380. The van der Waals surface area contributed by atoms with Gasteiger partial charge < -0.3 is 15.2 Å². The minimum Gasteiger partial charge on any atom is -0.369 e. The molecule has 1 amide bonds. The highest BCUT2D eigenvalue weighted by molar-refractivity contribution is 6.31. The maximum Gasteiger partial charge on any atom is 0.251 e. The number of anilines is 1. The maximum atomic E-state index is 13.3. The fourth-order valence-corrected chi connectivity index (χ4v) is 6.35. The van der Waals surface area contributed by atoms with Gasteiger partial charge >= 0.3 is 0 Å². The normalized spacial score (nSPS) is 18.0. The minimum absolute atomic E-state index is 0.0780. The number of benzene rings is 1. The number of carbonyl (C=O) groups is 1. The number of rotatable bonds is 9. The number of aryl methyl sites for hydroxylation is 2. The van der Waals surface area contributed by atoms with Gasteiger partial charge in [0.2, 0.25) is 0 Å². The summed E-state index contributed by atoms with van der Waals surface area (Å²) in [6.45, 7) is 11.1. The second-order valence-corrected chi connectivity index (χ2v) is 11.5. The van der Waals surface area contributed by atoms with Crippen molar-refractivity contribution >= 4 is 23.2 Å². The number of aromatic amines is 1. The summed E-state index contributed by atoms with van der Waals surface area (Å²) in [5.41, 5.74) is 5.75. The van der Waals surface area contributed by atoms with Gasteiger partial charge in [0.05, 0.1) is 0 Å². The van der Waals surface area contributed by atoms with Crippen LogP contribution in [0.1, 0.15) is 84.0 Å². The summed E-state index contributed by atoms with van der Waals surface area (Å²) < 4.78 is 0. The third kappa shape index (κ3) is 6.58. The number of halogens is 1. The van der Waals surface area contributed by atoms with E-state index in [2.05, 4.69) is 52.0 Å². The third-order valence-electron chi connectivity index (χ3n) is 8.61. The molecule has 0 saturated heterocycles. The molecule has 4 rings (SSSR count). The lowest BCUT2D eigenvalue weighted by atomic mass is 9.87. The summed E-state index contributed by atoms with van der Waals surface area (Å²) >= 11 is 6.58. The van der Waals surface area contributed by atoms with E-state index in [-0.39, 0.29) is 17.9 Å². The number of hydrogen-bond donors (Lipinski definition) is 2. The minimum atomic E-state index is -0.230. The Morgan fingerprint density at radius 2 is 1.85 bits per heavy atom. The monoisotopic (exact) mass is 563 g/mol. The molecule has 214 valence electrons. The zero-order valence-corrected chi connectivity index (χ0v) is 25.3. The summed E-state index contributed by atoms with van der Waals surface area (Å²) in [6, 6.07) is 10.6. The van der Waals surface area contributed by atoms with Crippen molar-refractivity contribution in [2.45, 2.75) is 85.0 Å². The quantitative estimate of drug-likeness (QED) is 0.328. The number of pyridine rings is 2. The van der Waals surface area contributed by atoms with Crippen molar-refractivity contribution in [3.8, 4) is 0 Å². The standard InChI is InChI=1S/C32H42ClN5O2/c1-7-38(27-12-10-26(11-13-27)37(6)23(5)24-9-8-14-34-18-24)30-17-25(33)16-28(21(30)3)32(40)35-19-29-22(4)36-20(2)15-31(29)39/h8-9,14-18,23,26-27H,7,10-13,19H2,1-6H3,(H,35,40)(H,36,39)/t23?,26-,27-. The first kappa shape index (κ1) is 29.8. The fraction of sp³-hybridized carbons (Fsp3) is 0.469. The van der Waals surface area contributed by atoms with E-state index in [0.717, 1.165) is 54.9 Å². The summed E-state index contributed by atoms with van der Waals surface area (Å²) in [7, 11) is 2.22. The average Bonchev–Trinajstić information content (AvgIpc) is 2.94. The molecule has 7 nitrogen and oxygen atoms in total. The Morgan fingerprint density at radius 3 is 2.48 bits per heavy atom. The fourth-order valence-electron chi connectivity index (χ4n) is 6.14. The molecular formula is C32H42ClN5O2. The first-order chi connectivity index (χ1) is 19.1. The molecule has 2 heterocycles. The first-order valence-electron chi connectivity index (χ1n) is 14.3. The van der Waals surface area contributed by atoms with Gasteiger partial charge in [-0.2, -0.15) is 0 Å². The van der Waals surface area contributed by atoms with Gasteiger partial charge in [-0.25, -0.2) is 0 Å². The van der Waals surface area contributed by atoms with Crippen LogP contribution >= 0.6 is 11.6 Å². The molecule has 1 atom stereocenters. The van der Waals surface area contributed by atoms with Crippen molar-refractivity contribution < 1.29 is 4.79 Å². The molecule has 0 aliphatic heterocycles. The molecule has 1 saturated carbocycles. The van der Waals surface area contributed by atoms with Crippen LogP contribution in [0.15, 0.2) is 47.5 Å². The lowest BCUT2D eigenvalue weighted by molar-refractivity contribution is 0.0950. The third-order valence-corrected chi connectivity index (χ3v) is 8.83. The van der Waals surface area contributed by atoms with E-state index in [9.17, 15) is 9.59 Å². The molecule has 1 aliphatic rings. The van der Waals surface area contributed by atoms with E-state index < -0.39 is 0 Å². The van der Waals surface area contributed by atoms with Gasteiger partial charge in [0.25, 0.3) is 5.91 Å². The second kappa shape index (κ2) is 13.0. The van der Waals surface area contributed by atoms with E-state index in [0.29, 0.717) is 34.3 Å². The van der Waals surface area contributed by atoms with E-state index in [1.54, 1.807) is 12.1 Å². The molecule has 1 aromatic carbocycles. The molecule has 0 radical (unpaired) electrons. The van der Waals surface area contributed by atoms with Crippen LogP contribution < -0.4 is 15.6 Å². The zero-order valence-electron chi connectivity index (χ0n) is 24.6. The molecule has 2 N–H and O–H groups in total. The van der Waals surface area contributed by atoms with E-state index in [1.807, 2.05) is 45.3 Å². The van der Waals surface area contributed by atoms with Crippen LogP contribution in [-0.2, 0) is 6.54 Å². The molecule has 3 aromatic rings. The highest BCUT2D eigenvalue weighted by atomic mass is 35.5. The largest absolute Gasteiger partial charge is 0.369 e. The van der Waals surface area contributed by atoms with Crippen LogP contribution in [0, 0.1) is 20.8 Å². The summed E-state index contributed by atoms with van der Waals surface area (Å²) in [5.74, 6) is -0.230. The Balaban J connectivity index is 1.46. The highest BCUT2D eigenvalue weighted by Crippen LogP contribution is 2.35. The van der Waals surface area contributed by atoms with E-state index in [1.165, 1.54) is 5.56 Å². The summed E-state index contributed by atoms with van der Waals surface area (Å²) in [4.78, 5) is 38.1. The number of H-pyrrole nitrogens is 1. The van der Waals surface area contributed by atoms with Crippen LogP contribution in [0.3, 0.4) is 0 Å². The molecule has 1 unspecified atom stereocenters. The molecule has 0 spiro atoms. The molecule has 40 heavy (non-hydrogen) atoms. The predicted molar refractivity (Wildman–Crippen MR) is 163 cm³/mol. The average molecular weight is 564 g/mol. The van der Waals surface area contributed by atoms with Gasteiger partial charge in [-0.1, -0.05) is 17.7 Å². The molecule has 1 fully saturated rings. The van der Waals surface area contributed by atoms with Crippen molar-refractivity contribution in [2.24, 2.45) is 0 Å². The van der Waals surface area contributed by atoms with Crippen LogP contribution in [0.4, 0.5) is 5.69 Å². The van der Waals surface area contributed by atoms with E-state index in [4.69, 9.17) is 11.6 Å². The van der Waals surface area contributed by atoms with Crippen molar-refractivity contribution in [2.75, 3.05) is 18.5 Å². The topological polar surface area (TPSA) is 81.3 Å². The second-order valence-electron chi connectivity index (χ2n) is 11.1. The van der Waals surface area contributed by atoms with Gasteiger partial charge in [0.15, 0.2) is 5.43 Å². The smallest absolute Gasteiger partial charge is 0.251 e. The predicted octanol–water partition coefficient (Wildman–Crippen LogP) is 6.11. The number of carbonyl (C=O) groups excluding carboxylic acids is 1. The van der Waals surface area contributed by atoms with Crippen molar-refractivity contribution in [1.29, 1.82) is 0 Å². The number of nitrogens with zero attached hydrogens (tertiary/aromatic N) is 3. The van der Waals surface area contributed by atoms with Crippen LogP contribution in [-0.4, -0.2) is 46.5 Å². The van der Waals surface area contributed by atoms with Gasteiger partial charge in [0, 0.05) is 82.9 Å². The zero-order chi connectivity index (χ0) is 29.0. The van der Waals surface area contributed by atoms with Gasteiger partial charge in [-0.15, -0.1) is 0 Å². The number of nitrogens with one attached hydrogen (secondary N) is 2. The Hall–Kier alpha value is -3.16. The molecule has 8 heteroatoms. The number of aromatic nitrogens is 2. The van der Waals surface area contributed by atoms with Crippen LogP contribution in [0.2, 0.25) is 5.02 Å². The lowest BCUT2D eigenvalue weighted by Crippen LogP contribution is -2.44. The SMILES string of the molecule is CCN(c1cc(Cl)cc(C(=O)NCc2c(C)[nH]c(C)cc2=O)c1C)[C@H]1CC[C@H](N(C)C(C)c2cccnc2)CC1. The Labute approximate surface area is 243 Å². The first-order valence-corrected chi connectivity index (χ1v) is 14.6. The van der Waals surface area contributed by atoms with Crippen molar-refractivity contribution in [1.82, 2.24) is 20.2 Å². The summed E-state index contributed by atoms with van der Waals surface area (Å²) in [5, 5.41) is 3.48. The molecule has 1 aliphatic carbocycles. The van der Waals surface area contributed by atoms with Gasteiger partial charge in [-0.05, 0) is 96.7 Å². The van der Waals surface area contributed by atoms with Gasteiger partial charge in [0.1, 0.15) is 0 Å². The van der Waals surface area contributed by atoms with Crippen LogP contribution in [0.25, 0.3) is 0 Å². The molecule has 2 aromatic heterocycles. The molecular weight excluding hydrogens is 522 g/mol. The van der Waals surface area contributed by atoms with Crippen molar-refractivity contribution in [3.05, 3.63) is 91.6 Å². The van der Waals surface area contributed by atoms with Crippen molar-refractivity contribution in [3.63, 3.8) is 0 Å². The van der Waals surface area contributed by atoms with Gasteiger partial charge in [-0.3, -0.25) is 19.5 Å². The highest BCUT2D eigenvalue weighted by Gasteiger charge is 2.30. The Kier molecular flexibility index (Phi) is 9.69.